The summed E-state index contributed by atoms with van der Waals surface area (Å²) in [6, 6.07) is 15.4. The molecule has 4 aromatic rings. The van der Waals surface area contributed by atoms with Crippen LogP contribution >= 0.6 is 22.9 Å². The molecule has 0 aliphatic rings. The molecule has 2 aromatic carbocycles. The van der Waals surface area contributed by atoms with Gasteiger partial charge >= 0.3 is 0 Å². The number of aromatic nitrogens is 1. The van der Waals surface area contributed by atoms with Crippen molar-refractivity contribution < 1.29 is 13.6 Å². The molecule has 27 heavy (non-hydrogen) atoms. The number of nitrogens with one attached hydrogen (secondary N) is 1. The Kier molecular flexibility index (Phi) is 4.59. The van der Waals surface area contributed by atoms with Gasteiger partial charge in [0.05, 0.1) is 31.7 Å². The van der Waals surface area contributed by atoms with Crippen molar-refractivity contribution in [3.05, 3.63) is 82.2 Å². The summed E-state index contributed by atoms with van der Waals surface area (Å²) in [5, 5.41) is 3.13. The summed E-state index contributed by atoms with van der Waals surface area (Å²) in [4.78, 5) is 18.2. The van der Waals surface area contributed by atoms with Gasteiger partial charge in [0.1, 0.15) is 11.6 Å². The van der Waals surface area contributed by atoms with Crippen molar-refractivity contribution >= 4 is 45.4 Å². The van der Waals surface area contributed by atoms with Gasteiger partial charge in [-0.15, -0.1) is 11.3 Å². The fourth-order valence-electron chi connectivity index (χ4n) is 2.72. The minimum Gasteiger partial charge on any atom is -0.319 e. The van der Waals surface area contributed by atoms with Crippen LogP contribution in [0.2, 0.25) is 4.34 Å². The van der Waals surface area contributed by atoms with Crippen molar-refractivity contribution in [3.8, 4) is 10.6 Å². The number of carbonyl (C=O) groups excluding carboxylic acids is 1. The van der Waals surface area contributed by atoms with Crippen LogP contribution in [0.5, 0.6) is 0 Å². The third-order valence-electron chi connectivity index (χ3n) is 3.97. The zero-order chi connectivity index (χ0) is 19.0. The maximum Gasteiger partial charge on any atom is 0.256 e. The largest absolute Gasteiger partial charge is 0.319 e. The fraction of sp³-hybridized carbons (Fsp3) is 0. The van der Waals surface area contributed by atoms with Gasteiger partial charge in [-0.1, -0.05) is 29.8 Å². The monoisotopic (exact) mass is 400 g/mol. The predicted molar refractivity (Wildman–Crippen MR) is 104 cm³/mol. The Hall–Kier alpha value is -2.83. The standard InChI is InChI=1S/C20H11ClF2N2OS/c21-19-8-7-18(27-19)17-10-13(12-3-1-2-4-15(12)24-17)20(26)25-16-6-5-11(22)9-14(16)23/h1-10H,(H,25,26). The van der Waals surface area contributed by atoms with Gasteiger partial charge < -0.3 is 5.32 Å². The van der Waals surface area contributed by atoms with Crippen LogP contribution in [0.25, 0.3) is 21.5 Å². The van der Waals surface area contributed by atoms with Crippen molar-refractivity contribution in [1.29, 1.82) is 0 Å². The average molecular weight is 401 g/mol. The average Bonchev–Trinajstić information content (AvgIpc) is 3.09. The lowest BCUT2D eigenvalue weighted by atomic mass is 10.1. The van der Waals surface area contributed by atoms with Gasteiger partial charge in [0.25, 0.3) is 5.91 Å². The van der Waals surface area contributed by atoms with Gasteiger partial charge in [-0.2, -0.15) is 0 Å². The van der Waals surface area contributed by atoms with E-state index in [1.165, 1.54) is 17.4 Å². The van der Waals surface area contributed by atoms with E-state index >= 15 is 0 Å². The van der Waals surface area contributed by atoms with Crippen molar-refractivity contribution in [2.45, 2.75) is 0 Å². The number of hydrogen-bond acceptors (Lipinski definition) is 3. The number of rotatable bonds is 3. The van der Waals surface area contributed by atoms with E-state index in [1.807, 2.05) is 12.1 Å². The Labute approximate surface area is 162 Å². The number of thiophene rings is 1. The lowest BCUT2D eigenvalue weighted by Crippen LogP contribution is -2.14. The number of pyridine rings is 1. The van der Waals surface area contributed by atoms with Crippen LogP contribution in [0.4, 0.5) is 14.5 Å². The smallest absolute Gasteiger partial charge is 0.256 e. The first-order valence-electron chi connectivity index (χ1n) is 7.93. The molecule has 7 heteroatoms. The number of halogens is 3. The molecule has 1 amide bonds. The molecule has 0 atom stereocenters. The first kappa shape index (κ1) is 17.6. The third-order valence-corrected chi connectivity index (χ3v) is 5.22. The first-order valence-corrected chi connectivity index (χ1v) is 9.12. The molecule has 0 aliphatic heterocycles. The summed E-state index contributed by atoms with van der Waals surface area (Å²) in [6.45, 7) is 0. The molecule has 3 nitrogen and oxygen atoms in total. The van der Waals surface area contributed by atoms with Crippen LogP contribution in [0.1, 0.15) is 10.4 Å². The number of fused-ring (bicyclic) bond motifs is 1. The Morgan fingerprint density at radius 2 is 1.85 bits per heavy atom. The molecule has 0 radical (unpaired) electrons. The third kappa shape index (κ3) is 3.54. The van der Waals surface area contributed by atoms with Gasteiger partial charge in [-0.25, -0.2) is 13.8 Å². The predicted octanol–water partition coefficient (Wildman–Crippen LogP) is 6.15. The number of amides is 1. The number of anilines is 1. The van der Waals surface area contributed by atoms with E-state index in [0.29, 0.717) is 26.5 Å². The second-order valence-corrected chi connectivity index (χ2v) is 7.47. The highest BCUT2D eigenvalue weighted by atomic mass is 35.5. The molecule has 0 aliphatic carbocycles. The molecule has 4 rings (SSSR count). The molecule has 0 bridgehead atoms. The van der Waals surface area contributed by atoms with Crippen LogP contribution in [0.15, 0.2) is 60.7 Å². The summed E-state index contributed by atoms with van der Waals surface area (Å²) in [7, 11) is 0. The van der Waals surface area contributed by atoms with Gasteiger partial charge in [0, 0.05) is 11.5 Å². The molecule has 2 heterocycles. The van der Waals surface area contributed by atoms with Crippen molar-refractivity contribution in [1.82, 2.24) is 4.98 Å². The topological polar surface area (TPSA) is 42.0 Å². The van der Waals surface area contributed by atoms with Crippen LogP contribution < -0.4 is 5.32 Å². The summed E-state index contributed by atoms with van der Waals surface area (Å²) in [5.74, 6) is -2.06. The quantitative estimate of drug-likeness (QED) is 0.448. The molecule has 134 valence electrons. The van der Waals surface area contributed by atoms with Crippen LogP contribution in [0, 0.1) is 11.6 Å². The summed E-state index contributed by atoms with van der Waals surface area (Å²) in [6.07, 6.45) is 0. The molecule has 2 aromatic heterocycles. The summed E-state index contributed by atoms with van der Waals surface area (Å²) >= 11 is 7.35. The first-order chi connectivity index (χ1) is 13.0. The molecule has 0 fully saturated rings. The maximum atomic E-state index is 13.9. The molecule has 0 saturated carbocycles. The number of hydrogen-bond donors (Lipinski definition) is 1. The second-order valence-electron chi connectivity index (χ2n) is 5.75. The molecule has 1 N–H and O–H groups in total. The van der Waals surface area contributed by atoms with E-state index in [9.17, 15) is 13.6 Å². The Balaban J connectivity index is 1.80. The summed E-state index contributed by atoms with van der Waals surface area (Å²) < 4.78 is 27.6. The van der Waals surface area contributed by atoms with Crippen molar-refractivity contribution in [2.75, 3.05) is 5.32 Å². The van der Waals surface area contributed by atoms with Crippen molar-refractivity contribution in [2.24, 2.45) is 0 Å². The minimum atomic E-state index is -0.841. The van der Waals surface area contributed by atoms with Crippen LogP contribution in [-0.2, 0) is 0 Å². The lowest BCUT2D eigenvalue weighted by molar-refractivity contribution is 0.102. The summed E-state index contributed by atoms with van der Waals surface area (Å²) in [5.41, 5.74) is 1.46. The van der Waals surface area contributed by atoms with E-state index in [2.05, 4.69) is 10.3 Å². The molecular weight excluding hydrogens is 390 g/mol. The normalized spacial score (nSPS) is 10.9. The van der Waals surface area contributed by atoms with Crippen LogP contribution in [0.3, 0.4) is 0 Å². The molecule has 0 unspecified atom stereocenters. The molecule has 0 spiro atoms. The number of nitrogens with zero attached hydrogens (tertiary/aromatic N) is 1. The van der Waals surface area contributed by atoms with Crippen molar-refractivity contribution in [3.63, 3.8) is 0 Å². The van der Waals surface area contributed by atoms with Gasteiger partial charge in [-0.3, -0.25) is 4.79 Å². The van der Waals surface area contributed by atoms with E-state index < -0.39 is 17.5 Å². The highest BCUT2D eigenvalue weighted by molar-refractivity contribution is 7.19. The Bertz CT molecular complexity index is 1180. The maximum absolute atomic E-state index is 13.9. The zero-order valence-corrected chi connectivity index (χ0v) is 15.2. The highest BCUT2D eigenvalue weighted by Crippen LogP contribution is 2.32. The minimum absolute atomic E-state index is 0.0944. The Morgan fingerprint density at radius 1 is 1.04 bits per heavy atom. The van der Waals surface area contributed by atoms with E-state index in [0.717, 1.165) is 17.0 Å². The van der Waals surface area contributed by atoms with Crippen LogP contribution in [-0.4, -0.2) is 10.9 Å². The SMILES string of the molecule is O=C(Nc1ccc(F)cc1F)c1cc(-c2ccc(Cl)s2)nc2ccccc12. The zero-order valence-electron chi connectivity index (χ0n) is 13.7. The van der Waals surface area contributed by atoms with E-state index in [4.69, 9.17) is 11.6 Å². The van der Waals surface area contributed by atoms with Gasteiger partial charge in [0.15, 0.2) is 0 Å². The van der Waals surface area contributed by atoms with Gasteiger partial charge in [0.2, 0.25) is 0 Å². The molecule has 0 saturated heterocycles. The lowest BCUT2D eigenvalue weighted by Gasteiger charge is -2.10. The highest BCUT2D eigenvalue weighted by Gasteiger charge is 2.16. The number of carbonyl (C=O) groups is 1. The Morgan fingerprint density at radius 3 is 2.59 bits per heavy atom. The van der Waals surface area contributed by atoms with Gasteiger partial charge in [-0.05, 0) is 36.4 Å². The van der Waals surface area contributed by atoms with E-state index in [-0.39, 0.29) is 5.69 Å². The number of para-hydroxylation sites is 1. The van der Waals surface area contributed by atoms with E-state index in [1.54, 1.807) is 30.3 Å². The second kappa shape index (κ2) is 7.06. The molecular formula is C20H11ClF2N2OS. The fourth-order valence-corrected chi connectivity index (χ4v) is 3.73. The number of benzene rings is 2.